The van der Waals surface area contributed by atoms with Crippen molar-refractivity contribution in [1.29, 1.82) is 0 Å². The molecule has 1 aliphatic heterocycles. The molecule has 3 heteroatoms. The third kappa shape index (κ3) is 1.95. The lowest BCUT2D eigenvalue weighted by Gasteiger charge is -2.16. The van der Waals surface area contributed by atoms with E-state index in [4.69, 9.17) is 0 Å². The Morgan fingerprint density at radius 1 is 1.21 bits per heavy atom. The molecule has 2 rings (SSSR count). The Hall–Kier alpha value is -0.900. The van der Waals surface area contributed by atoms with Crippen LogP contribution in [0.4, 0.5) is 0 Å². The van der Waals surface area contributed by atoms with E-state index in [1.165, 1.54) is 5.56 Å². The molecule has 1 aromatic rings. The molecule has 0 aromatic heterocycles. The number of rotatable bonds is 2. The SMILES string of the molecule is CC1NNC(O)C1Cc1ccccc1. The van der Waals surface area contributed by atoms with Gasteiger partial charge < -0.3 is 5.11 Å². The van der Waals surface area contributed by atoms with Gasteiger partial charge in [-0.25, -0.2) is 5.43 Å². The van der Waals surface area contributed by atoms with Gasteiger partial charge in [-0.05, 0) is 18.9 Å². The maximum absolute atomic E-state index is 9.65. The molecule has 0 amide bonds. The van der Waals surface area contributed by atoms with Gasteiger partial charge in [-0.1, -0.05) is 30.3 Å². The molecule has 0 aliphatic carbocycles. The van der Waals surface area contributed by atoms with E-state index in [-0.39, 0.29) is 5.92 Å². The molecule has 0 radical (unpaired) electrons. The Morgan fingerprint density at radius 3 is 2.50 bits per heavy atom. The number of hydrazine groups is 1. The van der Waals surface area contributed by atoms with Crippen molar-refractivity contribution in [2.75, 3.05) is 0 Å². The van der Waals surface area contributed by atoms with E-state index >= 15 is 0 Å². The minimum atomic E-state index is -0.440. The first-order chi connectivity index (χ1) is 6.77. The molecular formula is C11H16N2O. The van der Waals surface area contributed by atoms with Gasteiger partial charge >= 0.3 is 0 Å². The van der Waals surface area contributed by atoms with Crippen molar-refractivity contribution >= 4 is 0 Å². The van der Waals surface area contributed by atoms with Crippen LogP contribution in [0.1, 0.15) is 12.5 Å². The maximum atomic E-state index is 9.65. The lowest BCUT2D eigenvalue weighted by atomic mass is 9.93. The van der Waals surface area contributed by atoms with Crippen LogP contribution in [0.25, 0.3) is 0 Å². The van der Waals surface area contributed by atoms with E-state index in [0.717, 1.165) is 6.42 Å². The topological polar surface area (TPSA) is 44.3 Å². The van der Waals surface area contributed by atoms with E-state index in [1.807, 2.05) is 18.2 Å². The monoisotopic (exact) mass is 192 g/mol. The molecule has 3 nitrogen and oxygen atoms in total. The summed E-state index contributed by atoms with van der Waals surface area (Å²) in [5, 5.41) is 9.65. The summed E-state index contributed by atoms with van der Waals surface area (Å²) in [5.74, 6) is 0.248. The molecule has 1 saturated heterocycles. The second kappa shape index (κ2) is 4.09. The second-order valence-electron chi connectivity index (χ2n) is 3.88. The summed E-state index contributed by atoms with van der Waals surface area (Å²) < 4.78 is 0. The fraction of sp³-hybridized carbons (Fsp3) is 0.455. The van der Waals surface area contributed by atoms with Crippen molar-refractivity contribution in [3.05, 3.63) is 35.9 Å². The molecule has 1 aliphatic rings. The van der Waals surface area contributed by atoms with E-state index < -0.39 is 6.23 Å². The molecule has 76 valence electrons. The van der Waals surface area contributed by atoms with Crippen molar-refractivity contribution in [3.63, 3.8) is 0 Å². The lowest BCUT2D eigenvalue weighted by Crippen LogP contribution is -2.32. The van der Waals surface area contributed by atoms with Gasteiger partial charge in [0, 0.05) is 12.0 Å². The molecule has 3 atom stereocenters. The summed E-state index contributed by atoms with van der Waals surface area (Å²) in [7, 11) is 0. The fourth-order valence-corrected chi connectivity index (χ4v) is 1.88. The molecule has 0 spiro atoms. The van der Waals surface area contributed by atoms with Crippen LogP contribution < -0.4 is 10.9 Å². The molecule has 3 N–H and O–H groups in total. The van der Waals surface area contributed by atoms with Crippen LogP contribution in [0.15, 0.2) is 30.3 Å². The van der Waals surface area contributed by atoms with Gasteiger partial charge in [-0.2, -0.15) is 0 Å². The number of hydrogen-bond acceptors (Lipinski definition) is 3. The summed E-state index contributed by atoms with van der Waals surface area (Å²) in [6.07, 6.45) is 0.466. The predicted molar refractivity (Wildman–Crippen MR) is 55.4 cm³/mol. The highest BCUT2D eigenvalue weighted by atomic mass is 16.3. The summed E-state index contributed by atoms with van der Waals surface area (Å²) in [4.78, 5) is 0. The largest absolute Gasteiger partial charge is 0.377 e. The summed E-state index contributed by atoms with van der Waals surface area (Å²) in [6.45, 7) is 2.08. The van der Waals surface area contributed by atoms with Gasteiger partial charge in [0.15, 0.2) is 0 Å². The van der Waals surface area contributed by atoms with Gasteiger partial charge in [0.2, 0.25) is 0 Å². The van der Waals surface area contributed by atoms with Crippen molar-refractivity contribution in [2.24, 2.45) is 5.92 Å². The third-order valence-corrected chi connectivity index (χ3v) is 2.82. The normalized spacial score (nSPS) is 32.0. The standard InChI is InChI=1S/C11H16N2O/c1-8-10(11(14)13-12-8)7-9-5-3-2-4-6-9/h2-6,8,10-14H,7H2,1H3. The highest BCUT2D eigenvalue weighted by molar-refractivity contribution is 5.16. The summed E-state index contributed by atoms with van der Waals surface area (Å²) in [6, 6.07) is 10.6. The number of aliphatic hydroxyl groups excluding tert-OH is 1. The van der Waals surface area contributed by atoms with Crippen molar-refractivity contribution in [3.8, 4) is 0 Å². The third-order valence-electron chi connectivity index (χ3n) is 2.82. The number of aliphatic hydroxyl groups is 1. The summed E-state index contributed by atoms with van der Waals surface area (Å²) in [5.41, 5.74) is 7.16. The van der Waals surface area contributed by atoms with Crippen molar-refractivity contribution in [1.82, 2.24) is 10.9 Å². The first kappa shape index (κ1) is 9.65. The van der Waals surface area contributed by atoms with Crippen LogP contribution in [-0.4, -0.2) is 17.4 Å². The minimum absolute atomic E-state index is 0.248. The second-order valence-corrected chi connectivity index (χ2v) is 3.88. The van der Waals surface area contributed by atoms with E-state index in [0.29, 0.717) is 6.04 Å². The zero-order valence-corrected chi connectivity index (χ0v) is 8.27. The first-order valence-electron chi connectivity index (χ1n) is 5.00. The molecular weight excluding hydrogens is 176 g/mol. The zero-order chi connectivity index (χ0) is 9.97. The molecule has 0 bridgehead atoms. The van der Waals surface area contributed by atoms with Gasteiger partial charge in [-0.3, -0.25) is 5.43 Å². The van der Waals surface area contributed by atoms with Crippen LogP contribution >= 0.6 is 0 Å². The maximum Gasteiger partial charge on any atom is 0.121 e. The predicted octanol–water partition coefficient (Wildman–Crippen LogP) is 0.660. The van der Waals surface area contributed by atoms with Crippen LogP contribution in [0.3, 0.4) is 0 Å². The zero-order valence-electron chi connectivity index (χ0n) is 8.27. The average molecular weight is 192 g/mol. The van der Waals surface area contributed by atoms with Crippen LogP contribution in [0, 0.1) is 5.92 Å². The van der Waals surface area contributed by atoms with Crippen LogP contribution in [0.2, 0.25) is 0 Å². The Bertz CT molecular complexity index is 279. The first-order valence-corrected chi connectivity index (χ1v) is 5.00. The minimum Gasteiger partial charge on any atom is -0.377 e. The van der Waals surface area contributed by atoms with E-state index in [9.17, 15) is 5.11 Å². The highest BCUT2D eigenvalue weighted by Gasteiger charge is 2.31. The Morgan fingerprint density at radius 2 is 1.93 bits per heavy atom. The smallest absolute Gasteiger partial charge is 0.121 e. The molecule has 1 aromatic carbocycles. The van der Waals surface area contributed by atoms with Crippen molar-refractivity contribution in [2.45, 2.75) is 25.6 Å². The number of hydrogen-bond donors (Lipinski definition) is 3. The van der Waals surface area contributed by atoms with Gasteiger partial charge in [0.05, 0.1) is 0 Å². The summed E-state index contributed by atoms with van der Waals surface area (Å²) >= 11 is 0. The number of benzene rings is 1. The van der Waals surface area contributed by atoms with Crippen LogP contribution in [0.5, 0.6) is 0 Å². The Kier molecular flexibility index (Phi) is 2.82. The Balaban J connectivity index is 2.04. The molecule has 1 fully saturated rings. The van der Waals surface area contributed by atoms with Gasteiger partial charge in [0.1, 0.15) is 6.23 Å². The number of nitrogens with one attached hydrogen (secondary N) is 2. The molecule has 0 saturated carbocycles. The Labute approximate surface area is 84.1 Å². The molecule has 1 heterocycles. The van der Waals surface area contributed by atoms with Crippen molar-refractivity contribution < 1.29 is 5.11 Å². The van der Waals surface area contributed by atoms with E-state index in [1.54, 1.807) is 0 Å². The van der Waals surface area contributed by atoms with Crippen LogP contribution in [-0.2, 0) is 6.42 Å². The molecule has 14 heavy (non-hydrogen) atoms. The quantitative estimate of drug-likeness (QED) is 0.645. The van der Waals surface area contributed by atoms with Gasteiger partial charge in [0.25, 0.3) is 0 Å². The lowest BCUT2D eigenvalue weighted by molar-refractivity contribution is 0.107. The van der Waals surface area contributed by atoms with Gasteiger partial charge in [-0.15, -0.1) is 0 Å². The van der Waals surface area contributed by atoms with E-state index in [2.05, 4.69) is 29.9 Å². The molecule has 3 unspecified atom stereocenters. The fourth-order valence-electron chi connectivity index (χ4n) is 1.88. The average Bonchev–Trinajstić information content (AvgIpc) is 2.51. The highest BCUT2D eigenvalue weighted by Crippen LogP contribution is 2.18.